The number of hydrazone groups is 1. The number of hydrogen-bond donors (Lipinski definition) is 2. The molecule has 7 nitrogen and oxygen atoms in total. The van der Waals surface area contributed by atoms with E-state index in [1.54, 1.807) is 61.7 Å². The Bertz CT molecular complexity index is 1150. The van der Waals surface area contributed by atoms with Crippen LogP contribution in [-0.4, -0.2) is 25.1 Å². The van der Waals surface area contributed by atoms with E-state index in [9.17, 15) is 9.59 Å². The third kappa shape index (κ3) is 6.23. The summed E-state index contributed by atoms with van der Waals surface area (Å²) in [5.74, 6) is -0.653. The predicted molar refractivity (Wildman–Crippen MR) is 125 cm³/mol. The topological polar surface area (TPSA) is 89.0 Å². The number of carbonyl (C=O) groups is 2. The Morgan fingerprint density at radius 1 is 0.938 bits per heavy atom. The maximum Gasteiger partial charge on any atom is 0.329 e. The van der Waals surface area contributed by atoms with Crippen molar-refractivity contribution in [2.45, 2.75) is 6.61 Å². The Morgan fingerprint density at radius 2 is 1.66 bits per heavy atom. The van der Waals surface area contributed by atoms with Gasteiger partial charge in [0.1, 0.15) is 18.1 Å². The van der Waals surface area contributed by atoms with Crippen molar-refractivity contribution in [2.24, 2.45) is 5.10 Å². The van der Waals surface area contributed by atoms with Gasteiger partial charge in [-0.1, -0.05) is 47.5 Å². The largest absolute Gasteiger partial charge is 0.496 e. The number of nitrogens with zero attached hydrogens (tertiary/aromatic N) is 1. The van der Waals surface area contributed by atoms with Crippen LogP contribution in [0.3, 0.4) is 0 Å². The van der Waals surface area contributed by atoms with Crippen LogP contribution in [0.1, 0.15) is 11.1 Å². The Labute approximate surface area is 194 Å². The zero-order chi connectivity index (χ0) is 22.9. The van der Waals surface area contributed by atoms with Gasteiger partial charge in [-0.15, -0.1) is 0 Å². The van der Waals surface area contributed by atoms with E-state index >= 15 is 0 Å². The van der Waals surface area contributed by atoms with Gasteiger partial charge in [0.25, 0.3) is 0 Å². The number of para-hydroxylation sites is 2. The van der Waals surface area contributed by atoms with Gasteiger partial charge in [0.15, 0.2) is 0 Å². The van der Waals surface area contributed by atoms with Crippen LogP contribution in [0.15, 0.2) is 71.8 Å². The van der Waals surface area contributed by atoms with Crippen LogP contribution in [0.25, 0.3) is 0 Å². The Morgan fingerprint density at radius 3 is 2.38 bits per heavy atom. The second kappa shape index (κ2) is 11.2. The molecular formula is C23H19Cl2N3O4. The number of ether oxygens (including phenoxy) is 2. The Hall–Kier alpha value is -3.55. The molecule has 0 radical (unpaired) electrons. The lowest BCUT2D eigenvalue weighted by Crippen LogP contribution is -2.32. The first-order valence-electron chi connectivity index (χ1n) is 9.41. The number of halogens is 2. The maximum absolute atomic E-state index is 12.0. The van der Waals surface area contributed by atoms with Gasteiger partial charge in [-0.25, -0.2) is 5.43 Å². The highest BCUT2D eigenvalue weighted by molar-refractivity contribution is 6.41. The van der Waals surface area contributed by atoms with Crippen LogP contribution in [-0.2, 0) is 16.2 Å². The van der Waals surface area contributed by atoms with E-state index in [-0.39, 0.29) is 6.61 Å². The number of rotatable bonds is 7. The molecule has 2 amide bonds. The highest BCUT2D eigenvalue weighted by atomic mass is 35.5. The smallest absolute Gasteiger partial charge is 0.329 e. The van der Waals surface area contributed by atoms with Crippen molar-refractivity contribution in [1.82, 2.24) is 5.43 Å². The fraction of sp³-hybridized carbons (Fsp3) is 0.0870. The third-order valence-corrected chi connectivity index (χ3v) is 4.87. The molecule has 0 atom stereocenters. The van der Waals surface area contributed by atoms with Gasteiger partial charge in [-0.05, 0) is 48.0 Å². The summed E-state index contributed by atoms with van der Waals surface area (Å²) in [4.78, 5) is 24.0. The van der Waals surface area contributed by atoms with E-state index in [4.69, 9.17) is 32.7 Å². The average Bonchev–Trinajstić information content (AvgIpc) is 2.80. The minimum atomic E-state index is -0.933. The molecule has 2 N–H and O–H groups in total. The summed E-state index contributed by atoms with van der Waals surface area (Å²) in [6, 6.07) is 19.0. The normalized spacial score (nSPS) is 10.6. The molecule has 9 heteroatoms. The number of carbonyl (C=O) groups excluding carboxylic acids is 2. The number of hydrogen-bond acceptors (Lipinski definition) is 5. The molecule has 0 unspecified atom stereocenters. The molecule has 0 aliphatic carbocycles. The molecule has 32 heavy (non-hydrogen) atoms. The summed E-state index contributed by atoms with van der Waals surface area (Å²) >= 11 is 12.1. The fourth-order valence-corrected chi connectivity index (χ4v) is 3.04. The lowest BCUT2D eigenvalue weighted by molar-refractivity contribution is -0.136. The summed E-state index contributed by atoms with van der Waals surface area (Å²) in [6.07, 6.45) is 1.40. The van der Waals surface area contributed by atoms with E-state index in [1.165, 1.54) is 6.21 Å². The molecule has 0 heterocycles. The monoisotopic (exact) mass is 471 g/mol. The van der Waals surface area contributed by atoms with Crippen LogP contribution < -0.4 is 20.2 Å². The molecule has 0 spiro atoms. The zero-order valence-electron chi connectivity index (χ0n) is 17.0. The molecule has 164 valence electrons. The van der Waals surface area contributed by atoms with Crippen LogP contribution in [0.5, 0.6) is 11.5 Å². The summed E-state index contributed by atoms with van der Waals surface area (Å²) < 4.78 is 11.1. The summed E-state index contributed by atoms with van der Waals surface area (Å²) in [6.45, 7) is 0.210. The van der Waals surface area contributed by atoms with E-state index in [0.717, 1.165) is 5.56 Å². The van der Waals surface area contributed by atoms with Crippen molar-refractivity contribution in [3.63, 3.8) is 0 Å². The predicted octanol–water partition coefficient (Wildman–Crippen LogP) is 4.67. The SMILES string of the molecule is COc1ccc(/C=N/NC(=O)C(=O)Nc2ccccc2Cl)cc1COc1ccccc1Cl. The molecule has 0 aliphatic rings. The van der Waals surface area contributed by atoms with Crippen molar-refractivity contribution in [3.05, 3.63) is 87.9 Å². The van der Waals surface area contributed by atoms with Crippen LogP contribution >= 0.6 is 23.2 Å². The van der Waals surface area contributed by atoms with Crippen molar-refractivity contribution in [3.8, 4) is 11.5 Å². The van der Waals surface area contributed by atoms with Gasteiger partial charge in [0.2, 0.25) is 0 Å². The van der Waals surface area contributed by atoms with Crippen LogP contribution in [0, 0.1) is 0 Å². The molecule has 0 saturated carbocycles. The fourth-order valence-electron chi connectivity index (χ4n) is 2.67. The van der Waals surface area contributed by atoms with E-state index < -0.39 is 11.8 Å². The maximum atomic E-state index is 12.0. The van der Waals surface area contributed by atoms with Crippen molar-refractivity contribution in [1.29, 1.82) is 0 Å². The lowest BCUT2D eigenvalue weighted by atomic mass is 10.1. The number of methoxy groups -OCH3 is 1. The van der Waals surface area contributed by atoms with Crippen LogP contribution in [0.2, 0.25) is 10.0 Å². The van der Waals surface area contributed by atoms with E-state index in [2.05, 4.69) is 15.8 Å². The highest BCUT2D eigenvalue weighted by Gasteiger charge is 2.14. The molecule has 0 fully saturated rings. The highest BCUT2D eigenvalue weighted by Crippen LogP contribution is 2.26. The Kier molecular flexibility index (Phi) is 8.08. The zero-order valence-corrected chi connectivity index (χ0v) is 18.5. The molecule has 3 aromatic rings. The molecule has 3 rings (SSSR count). The minimum absolute atomic E-state index is 0.210. The molecule has 0 bridgehead atoms. The first-order chi connectivity index (χ1) is 15.5. The van der Waals surface area contributed by atoms with E-state index in [1.807, 2.05) is 12.1 Å². The molecular weight excluding hydrogens is 453 g/mol. The lowest BCUT2D eigenvalue weighted by Gasteiger charge is -2.12. The van der Waals surface area contributed by atoms with Gasteiger partial charge < -0.3 is 14.8 Å². The quantitative estimate of drug-likeness (QED) is 0.297. The second-order valence-corrected chi connectivity index (χ2v) is 7.24. The Balaban J connectivity index is 1.62. The van der Waals surface area contributed by atoms with Gasteiger partial charge in [0.05, 0.1) is 29.1 Å². The summed E-state index contributed by atoms with van der Waals surface area (Å²) in [5, 5.41) is 7.08. The van der Waals surface area contributed by atoms with Crippen molar-refractivity contribution in [2.75, 3.05) is 12.4 Å². The number of nitrogens with one attached hydrogen (secondary N) is 2. The summed E-state index contributed by atoms with van der Waals surface area (Å²) in [5.41, 5.74) is 3.92. The number of anilines is 1. The van der Waals surface area contributed by atoms with Gasteiger partial charge in [0, 0.05) is 5.56 Å². The van der Waals surface area contributed by atoms with Crippen molar-refractivity contribution >= 4 is 46.9 Å². The number of benzene rings is 3. The first-order valence-corrected chi connectivity index (χ1v) is 10.2. The number of amides is 2. The minimum Gasteiger partial charge on any atom is -0.496 e. The standard InChI is InChI=1S/C23H19Cl2N3O4/c1-31-20-11-10-15(12-16(20)14-32-21-9-5-3-7-18(21)25)13-26-28-23(30)22(29)27-19-8-4-2-6-17(19)24/h2-13H,14H2,1H3,(H,27,29)(H,28,30)/b26-13+. The van der Waals surface area contributed by atoms with Crippen LogP contribution in [0.4, 0.5) is 5.69 Å². The molecule has 3 aromatic carbocycles. The van der Waals surface area contributed by atoms with E-state index in [0.29, 0.717) is 32.8 Å². The molecule has 0 saturated heterocycles. The first kappa shape index (κ1) is 23.1. The molecule has 0 aliphatic heterocycles. The van der Waals surface area contributed by atoms with Crippen molar-refractivity contribution < 1.29 is 19.1 Å². The van der Waals surface area contributed by atoms with Gasteiger partial charge in [-0.3, -0.25) is 9.59 Å². The average molecular weight is 472 g/mol. The van der Waals surface area contributed by atoms with Gasteiger partial charge >= 0.3 is 11.8 Å². The molecule has 0 aromatic heterocycles. The summed E-state index contributed by atoms with van der Waals surface area (Å²) in [7, 11) is 1.56. The third-order valence-electron chi connectivity index (χ3n) is 4.23. The van der Waals surface area contributed by atoms with Gasteiger partial charge in [-0.2, -0.15) is 5.10 Å². The second-order valence-electron chi connectivity index (χ2n) is 6.42.